The van der Waals surface area contributed by atoms with Crippen molar-refractivity contribution in [3.05, 3.63) is 0 Å². The molecule has 3 rings (SSSR count). The zero-order valence-corrected chi connectivity index (χ0v) is 11.0. The molecule has 3 aliphatic rings. The zero-order chi connectivity index (χ0) is 12.7. The van der Waals surface area contributed by atoms with E-state index >= 15 is 0 Å². The summed E-state index contributed by atoms with van der Waals surface area (Å²) in [6.07, 6.45) is 5.85. The maximum Gasteiger partial charge on any atom is 0.242 e. The molecule has 0 aromatic carbocycles. The predicted octanol–water partition coefficient (Wildman–Crippen LogP) is 1.16. The Bertz CT molecular complexity index is 369. The first-order valence-electron chi connectivity index (χ1n) is 7.21. The molecule has 1 aliphatic heterocycles. The van der Waals surface area contributed by atoms with Crippen LogP contribution < -0.4 is 5.32 Å². The molecule has 2 saturated carbocycles. The molecule has 4 heteroatoms. The maximum atomic E-state index is 12.1. The smallest absolute Gasteiger partial charge is 0.242 e. The fourth-order valence-corrected chi connectivity index (χ4v) is 4.26. The number of nitrogens with one attached hydrogen (secondary N) is 1. The Morgan fingerprint density at radius 1 is 1.28 bits per heavy atom. The van der Waals surface area contributed by atoms with Crippen LogP contribution in [-0.2, 0) is 9.59 Å². The van der Waals surface area contributed by atoms with Gasteiger partial charge in [-0.15, -0.1) is 0 Å². The van der Waals surface area contributed by atoms with Gasteiger partial charge in [0.2, 0.25) is 11.8 Å². The first kappa shape index (κ1) is 12.0. The molecular formula is C14H22N2O2. The summed E-state index contributed by atoms with van der Waals surface area (Å²) in [5.74, 6) is 2.50. The van der Waals surface area contributed by atoms with Gasteiger partial charge >= 0.3 is 0 Å². The summed E-state index contributed by atoms with van der Waals surface area (Å²) in [5, 5.41) is 2.67. The van der Waals surface area contributed by atoms with Crippen LogP contribution in [0.1, 0.15) is 39.0 Å². The van der Waals surface area contributed by atoms with Crippen LogP contribution in [0.15, 0.2) is 0 Å². The molecule has 3 fully saturated rings. The number of rotatable bonds is 2. The van der Waals surface area contributed by atoms with Crippen LogP contribution in [0.5, 0.6) is 0 Å². The molecule has 4 nitrogen and oxygen atoms in total. The normalized spacial score (nSPS) is 37.6. The number of carbonyl (C=O) groups excluding carboxylic acids is 2. The van der Waals surface area contributed by atoms with Crippen molar-refractivity contribution in [2.75, 3.05) is 13.1 Å². The molecule has 100 valence electrons. The van der Waals surface area contributed by atoms with Gasteiger partial charge in [-0.2, -0.15) is 0 Å². The van der Waals surface area contributed by atoms with Gasteiger partial charge in [-0.3, -0.25) is 9.59 Å². The van der Waals surface area contributed by atoms with Crippen molar-refractivity contribution < 1.29 is 9.59 Å². The summed E-state index contributed by atoms with van der Waals surface area (Å²) >= 11 is 0. The van der Waals surface area contributed by atoms with E-state index in [1.54, 1.807) is 0 Å². The highest BCUT2D eigenvalue weighted by Gasteiger charge is 2.44. The second-order valence-corrected chi connectivity index (χ2v) is 6.19. The van der Waals surface area contributed by atoms with Crippen molar-refractivity contribution in [1.29, 1.82) is 0 Å². The van der Waals surface area contributed by atoms with E-state index in [2.05, 4.69) is 12.2 Å². The molecule has 2 aliphatic carbocycles. The molecule has 1 heterocycles. The molecule has 1 N–H and O–H groups in total. The standard InChI is InChI=1S/C14H22N2O2/c1-9(12-7-10-2-3-11(12)6-10)16-5-4-13(17)15-8-14(16)18/h9-12H,2-8H2,1H3,(H,15,17). The van der Waals surface area contributed by atoms with Gasteiger partial charge in [0.05, 0.1) is 6.54 Å². The van der Waals surface area contributed by atoms with Crippen molar-refractivity contribution in [2.24, 2.45) is 17.8 Å². The highest BCUT2D eigenvalue weighted by atomic mass is 16.2. The fourth-order valence-electron chi connectivity index (χ4n) is 4.26. The van der Waals surface area contributed by atoms with E-state index in [0.29, 0.717) is 24.9 Å². The van der Waals surface area contributed by atoms with Crippen molar-refractivity contribution in [3.63, 3.8) is 0 Å². The van der Waals surface area contributed by atoms with Gasteiger partial charge in [-0.1, -0.05) is 6.42 Å². The molecule has 0 aromatic rings. The summed E-state index contributed by atoms with van der Waals surface area (Å²) < 4.78 is 0. The molecule has 18 heavy (non-hydrogen) atoms. The Kier molecular flexibility index (Phi) is 3.04. The number of hydrogen-bond donors (Lipinski definition) is 1. The molecule has 0 radical (unpaired) electrons. The minimum atomic E-state index is 0.00555. The third kappa shape index (κ3) is 2.02. The molecule has 4 atom stereocenters. The van der Waals surface area contributed by atoms with Gasteiger partial charge in [0.25, 0.3) is 0 Å². The highest BCUT2D eigenvalue weighted by Crippen LogP contribution is 2.50. The lowest BCUT2D eigenvalue weighted by molar-refractivity contribution is -0.133. The summed E-state index contributed by atoms with van der Waals surface area (Å²) in [4.78, 5) is 25.4. The van der Waals surface area contributed by atoms with Gasteiger partial charge in [0, 0.05) is 19.0 Å². The molecule has 4 unspecified atom stereocenters. The number of fused-ring (bicyclic) bond motifs is 2. The molecular weight excluding hydrogens is 228 g/mol. The summed E-state index contributed by atoms with van der Waals surface area (Å²) in [5.41, 5.74) is 0. The lowest BCUT2D eigenvalue weighted by atomic mass is 9.83. The van der Waals surface area contributed by atoms with Crippen LogP contribution >= 0.6 is 0 Å². The van der Waals surface area contributed by atoms with Crippen LogP contribution in [0, 0.1) is 17.8 Å². The Morgan fingerprint density at radius 3 is 2.78 bits per heavy atom. The third-order valence-corrected chi connectivity index (χ3v) is 5.24. The van der Waals surface area contributed by atoms with Crippen LogP contribution in [0.25, 0.3) is 0 Å². The summed E-state index contributed by atoms with van der Waals surface area (Å²) in [6.45, 7) is 2.96. The highest BCUT2D eigenvalue weighted by molar-refractivity contribution is 5.87. The minimum Gasteiger partial charge on any atom is -0.347 e. The van der Waals surface area contributed by atoms with Crippen molar-refractivity contribution in [3.8, 4) is 0 Å². The van der Waals surface area contributed by atoms with Gasteiger partial charge in [-0.05, 0) is 43.9 Å². The lowest BCUT2D eigenvalue weighted by Crippen LogP contribution is -2.46. The first-order chi connectivity index (χ1) is 8.65. The van der Waals surface area contributed by atoms with Crippen LogP contribution in [0.2, 0.25) is 0 Å². The van der Waals surface area contributed by atoms with E-state index in [1.807, 2.05) is 4.90 Å². The molecule has 2 bridgehead atoms. The third-order valence-electron chi connectivity index (χ3n) is 5.24. The van der Waals surface area contributed by atoms with Gasteiger partial charge in [-0.25, -0.2) is 0 Å². The van der Waals surface area contributed by atoms with E-state index < -0.39 is 0 Å². The fraction of sp³-hybridized carbons (Fsp3) is 0.857. The van der Waals surface area contributed by atoms with Gasteiger partial charge in [0.1, 0.15) is 0 Å². The van der Waals surface area contributed by atoms with Crippen molar-refractivity contribution in [1.82, 2.24) is 10.2 Å². The van der Waals surface area contributed by atoms with E-state index in [0.717, 1.165) is 11.8 Å². The largest absolute Gasteiger partial charge is 0.347 e. The van der Waals surface area contributed by atoms with Crippen LogP contribution in [0.4, 0.5) is 0 Å². The molecule has 0 aromatic heterocycles. The Morgan fingerprint density at radius 2 is 2.11 bits per heavy atom. The van der Waals surface area contributed by atoms with E-state index in [-0.39, 0.29) is 18.4 Å². The second-order valence-electron chi connectivity index (χ2n) is 6.19. The van der Waals surface area contributed by atoms with Gasteiger partial charge in [0.15, 0.2) is 0 Å². The summed E-state index contributed by atoms with van der Waals surface area (Å²) in [6, 6.07) is 0.306. The second kappa shape index (κ2) is 4.56. The average molecular weight is 250 g/mol. The SMILES string of the molecule is CC(C1CC2CCC1C2)N1CCC(=O)NCC1=O. The van der Waals surface area contributed by atoms with Crippen molar-refractivity contribution in [2.45, 2.75) is 45.1 Å². The molecule has 1 saturated heterocycles. The predicted molar refractivity (Wildman–Crippen MR) is 67.7 cm³/mol. The molecule has 2 amide bonds. The van der Waals surface area contributed by atoms with E-state index in [9.17, 15) is 9.59 Å². The summed E-state index contributed by atoms with van der Waals surface area (Å²) in [7, 11) is 0. The minimum absolute atomic E-state index is 0.00555. The Hall–Kier alpha value is -1.06. The Balaban J connectivity index is 1.69. The number of amides is 2. The first-order valence-corrected chi connectivity index (χ1v) is 7.21. The number of nitrogens with zero attached hydrogens (tertiary/aromatic N) is 1. The van der Waals surface area contributed by atoms with Gasteiger partial charge < -0.3 is 10.2 Å². The zero-order valence-electron chi connectivity index (χ0n) is 11.0. The quantitative estimate of drug-likeness (QED) is 0.799. The van der Waals surface area contributed by atoms with E-state index in [1.165, 1.54) is 25.7 Å². The van der Waals surface area contributed by atoms with Crippen molar-refractivity contribution >= 4 is 11.8 Å². The lowest BCUT2D eigenvalue weighted by Gasteiger charge is -2.36. The number of hydrogen-bond acceptors (Lipinski definition) is 2. The molecule has 0 spiro atoms. The van der Waals surface area contributed by atoms with E-state index in [4.69, 9.17) is 0 Å². The Labute approximate surface area is 108 Å². The average Bonchev–Trinajstić information content (AvgIpc) is 2.94. The van der Waals surface area contributed by atoms with Crippen LogP contribution in [0.3, 0.4) is 0 Å². The van der Waals surface area contributed by atoms with Crippen LogP contribution in [-0.4, -0.2) is 35.8 Å². The maximum absolute atomic E-state index is 12.1. The number of carbonyl (C=O) groups is 2. The monoisotopic (exact) mass is 250 g/mol. The topological polar surface area (TPSA) is 49.4 Å².